The average molecular weight is 1850 g/mol. The Kier molecular flexibility index (Phi) is 52.3. The zero-order valence-corrected chi connectivity index (χ0v) is 72.8. The zero-order valence-electron chi connectivity index (χ0n) is 72.8. The van der Waals surface area contributed by atoms with E-state index >= 15 is 0 Å². The van der Waals surface area contributed by atoms with Crippen molar-refractivity contribution in [3.8, 4) is 0 Å². The van der Waals surface area contributed by atoms with Gasteiger partial charge in [-0.2, -0.15) is 0 Å². The predicted molar refractivity (Wildman–Crippen MR) is 450 cm³/mol. The van der Waals surface area contributed by atoms with Crippen LogP contribution >= 0.6 is 0 Å². The Morgan fingerprint density at radius 3 is 0.411 bits per heavy atom. The summed E-state index contributed by atoms with van der Waals surface area (Å²) in [6.07, 6.45) is 0. The first-order valence-corrected chi connectivity index (χ1v) is 42.2. The summed E-state index contributed by atoms with van der Waals surface area (Å²) >= 11 is 0. The molecule has 0 radical (unpaired) electrons. The minimum atomic E-state index is -1.83. The minimum absolute atomic E-state index is 0.0133. The van der Waals surface area contributed by atoms with Crippen LogP contribution in [0.3, 0.4) is 0 Å². The molecule has 0 aliphatic carbocycles. The van der Waals surface area contributed by atoms with Crippen molar-refractivity contribution in [1.29, 1.82) is 0 Å². The van der Waals surface area contributed by atoms with Gasteiger partial charge in [0.1, 0.15) is 0 Å². The number of nitrogens with one attached hydrogen (secondary N) is 9. The lowest BCUT2D eigenvalue weighted by atomic mass is 9.86. The Hall–Kier alpha value is -10.7. The van der Waals surface area contributed by atoms with Crippen LogP contribution in [-0.2, 0) is 91.1 Å². The molecule has 0 saturated carbocycles. The number of carboxylic acids is 11. The van der Waals surface area contributed by atoms with Gasteiger partial charge in [-0.15, -0.1) is 0 Å². The first-order valence-electron chi connectivity index (χ1n) is 42.2. The van der Waals surface area contributed by atoms with Crippen molar-refractivity contribution in [3.63, 3.8) is 0 Å². The second-order valence-electron chi connectivity index (χ2n) is 31.9. The second kappa shape index (κ2) is 61.0. The second-order valence-corrected chi connectivity index (χ2v) is 31.9. The van der Waals surface area contributed by atoms with E-state index in [1.807, 2.05) is 0 Å². The van der Waals surface area contributed by atoms with Crippen molar-refractivity contribution in [2.24, 2.45) is 5.41 Å². The summed E-state index contributed by atoms with van der Waals surface area (Å²) < 4.78 is 0. The van der Waals surface area contributed by atoms with E-state index in [4.69, 9.17) is 0 Å². The van der Waals surface area contributed by atoms with Gasteiger partial charge in [-0.1, -0.05) is 0 Å². The molecule has 4 aliphatic rings. The number of carboxylic acid groups (broad SMARTS) is 11. The Morgan fingerprint density at radius 1 is 0.171 bits per heavy atom. The molecule has 4 rings (SSSR count). The smallest absolute Gasteiger partial charge is 0.317 e. The van der Waals surface area contributed by atoms with E-state index in [0.717, 1.165) is 0 Å². The van der Waals surface area contributed by atoms with Crippen LogP contribution in [0.4, 0.5) is 0 Å². The van der Waals surface area contributed by atoms with Crippen LogP contribution in [0.2, 0.25) is 0 Å². The Balaban J connectivity index is 1.73. The summed E-state index contributed by atoms with van der Waals surface area (Å²) in [6, 6.07) is 0. The van der Waals surface area contributed by atoms with E-state index in [9.17, 15) is 147 Å². The number of rotatable bonds is 46. The highest BCUT2D eigenvalue weighted by molar-refractivity contribution is 5.88. The van der Waals surface area contributed by atoms with Crippen LogP contribution in [0.5, 0.6) is 0 Å². The molecule has 54 nitrogen and oxygen atoms in total. The van der Waals surface area contributed by atoms with E-state index in [-0.39, 0.29) is 216 Å². The highest BCUT2D eigenvalue weighted by Crippen LogP contribution is 2.15. The van der Waals surface area contributed by atoms with E-state index in [1.165, 1.54) is 44.1 Å². The summed E-state index contributed by atoms with van der Waals surface area (Å²) in [5.41, 5.74) is -1.83. The van der Waals surface area contributed by atoms with Crippen molar-refractivity contribution < 1.29 is 147 Å². The van der Waals surface area contributed by atoms with Gasteiger partial charge >= 0.3 is 65.7 Å². The Bertz CT molecular complexity index is 3280. The third kappa shape index (κ3) is 53.1. The highest BCUT2D eigenvalue weighted by Gasteiger charge is 2.35. The van der Waals surface area contributed by atoms with Gasteiger partial charge in [-0.05, 0) is 0 Å². The minimum Gasteiger partial charge on any atom is -0.480 e. The van der Waals surface area contributed by atoms with Crippen molar-refractivity contribution in [2.45, 2.75) is 0 Å². The molecule has 4 heterocycles. The van der Waals surface area contributed by atoms with Crippen molar-refractivity contribution in [3.05, 3.63) is 0 Å². The van der Waals surface area contributed by atoms with Crippen molar-refractivity contribution in [1.82, 2.24) is 121 Å². The third-order valence-electron chi connectivity index (χ3n) is 21.3. The number of hydrogen-bond acceptors (Lipinski definition) is 35. The molecular weight excluding hydrogens is 1720 g/mol. The highest BCUT2D eigenvalue weighted by atomic mass is 16.4. The molecule has 4 saturated heterocycles. The molecule has 0 aromatic heterocycles. The lowest BCUT2D eigenvalue weighted by molar-refractivity contribution is -0.140. The fourth-order valence-corrected chi connectivity index (χ4v) is 14.2. The summed E-state index contributed by atoms with van der Waals surface area (Å²) in [7, 11) is 0. The third-order valence-corrected chi connectivity index (χ3v) is 21.3. The molecule has 8 amide bonds. The standard InChI is InChI=1S/C75H130N24O30/c100-56(33-77-60(104)37-87-7-5-85(41-64(108)109)3-1-76-2-4-86(6-8-87)42-65(110)111)81-52-75(53-82-57(101)34-78-61(105)38-88-9-15-91(43-66(112)113)21-27-97(49-72(124)125)28-22-92(16-10-88)44-67(114)115,54-83-58(102)35-79-62(106)39-89-11-17-93(45-68(116)117)23-29-98(50-73(126)127)30-24-94(18-12-89)46-69(118)119)55-84-59(103)36-80-63(107)40-90-13-19-95(47-70(120)121)25-31-99(51-74(128)129)32-26-96(20-14-90)48-71(122)123/h76H,1-55H2,(H,77,104)(H,78,105)(H,79,106)(H,80,107)(H,81,100)(H,82,101)(H,83,102)(H,84,103)(H,108,109)(H,110,111)(H,112,113)(H,114,115)(H,116,117)(H,118,119)(H,120,121)(H,122,123)(H,124,125)(H,126,127)(H,128,129). The zero-order chi connectivity index (χ0) is 95.4. The fourth-order valence-electron chi connectivity index (χ4n) is 14.2. The molecule has 4 fully saturated rings. The monoisotopic (exact) mass is 1850 g/mol. The first kappa shape index (κ1) is 111. The average Bonchev–Trinajstić information content (AvgIpc) is 0.847. The number of aliphatic carboxylic acids is 11. The molecule has 54 heteroatoms. The van der Waals surface area contributed by atoms with Gasteiger partial charge in [0, 0.05) is 241 Å². The number of amides is 8. The fraction of sp³-hybridized carbons (Fsp3) is 0.747. The van der Waals surface area contributed by atoms with E-state index in [2.05, 4.69) is 47.9 Å². The molecule has 0 spiro atoms. The molecular formula is C75H130N24O30. The quantitative estimate of drug-likeness (QED) is 0.0269. The lowest BCUT2D eigenvalue weighted by Crippen LogP contribution is -2.59. The maximum Gasteiger partial charge on any atom is 0.317 e. The van der Waals surface area contributed by atoms with Gasteiger partial charge in [0.05, 0.1) is 124 Å². The van der Waals surface area contributed by atoms with Crippen LogP contribution < -0.4 is 47.9 Å². The molecule has 0 aromatic carbocycles. The summed E-state index contributed by atoms with van der Waals surface area (Å²) in [5, 5.41) is 131. The molecule has 129 heavy (non-hydrogen) atoms. The van der Waals surface area contributed by atoms with E-state index in [0.29, 0.717) is 13.1 Å². The van der Waals surface area contributed by atoms with Gasteiger partial charge < -0.3 is 104 Å². The Morgan fingerprint density at radius 2 is 0.287 bits per heavy atom. The van der Waals surface area contributed by atoms with Gasteiger partial charge in [0.15, 0.2) is 0 Å². The van der Waals surface area contributed by atoms with Crippen LogP contribution in [0.1, 0.15) is 0 Å². The maximum atomic E-state index is 14.2. The first-order chi connectivity index (χ1) is 61.1. The number of carbonyl (C=O) groups excluding carboxylic acids is 8. The Labute approximate surface area is 744 Å². The number of hydrogen-bond donors (Lipinski definition) is 20. The lowest BCUT2D eigenvalue weighted by Gasteiger charge is -2.35. The van der Waals surface area contributed by atoms with Gasteiger partial charge in [-0.25, -0.2) is 0 Å². The van der Waals surface area contributed by atoms with Crippen LogP contribution in [0.15, 0.2) is 0 Å². The maximum absolute atomic E-state index is 14.2. The van der Waals surface area contributed by atoms with E-state index in [1.54, 1.807) is 29.4 Å². The van der Waals surface area contributed by atoms with Crippen LogP contribution in [0.25, 0.3) is 0 Å². The van der Waals surface area contributed by atoms with Crippen LogP contribution in [0, 0.1) is 5.41 Å². The number of carbonyl (C=O) groups is 19. The molecule has 0 aromatic rings. The molecule has 20 N–H and O–H groups in total. The summed E-state index contributed by atoms with van der Waals surface area (Å²) in [4.78, 5) is 267. The summed E-state index contributed by atoms with van der Waals surface area (Å²) in [5.74, 6) is -19.7. The molecule has 0 atom stereocenters. The predicted octanol–water partition coefficient (Wildman–Crippen LogP) is -15.0. The van der Waals surface area contributed by atoms with Gasteiger partial charge in [-0.3, -0.25) is 165 Å². The van der Waals surface area contributed by atoms with E-state index < -0.39 is 249 Å². The molecule has 0 unspecified atom stereocenters. The van der Waals surface area contributed by atoms with Gasteiger partial charge in [0.25, 0.3) is 0 Å². The molecule has 730 valence electrons. The van der Waals surface area contributed by atoms with Crippen molar-refractivity contribution in [2.75, 3.05) is 360 Å². The normalized spacial score (nSPS) is 18.5. The SMILES string of the molecule is O=C(O)CN1CCNCCN(CC(=O)O)CCN(CC(=O)NCC(=O)NCC(CNC(=O)CNC(=O)CN2CCN(CC(=O)O)CCN(CC(=O)O)CCN(CC(=O)O)CC2)(CNC(=O)CNC(=O)CN2CCN(CC(=O)O)CCN(CC(=O)O)CCN(CC(=O)O)CC2)CNC(=O)CNC(=O)CN2CCN(CC(=O)O)CCN(CC(=O)O)CCN(CC(=O)O)CC2)CC1. The summed E-state index contributed by atoms with van der Waals surface area (Å²) in [6.45, 7) is -9.22. The van der Waals surface area contributed by atoms with Gasteiger partial charge in [0.2, 0.25) is 47.3 Å². The number of nitrogens with zero attached hydrogens (tertiary/aromatic N) is 15. The topological polar surface area (TPSA) is 704 Å². The van der Waals surface area contributed by atoms with Crippen LogP contribution in [-0.4, -0.2) is 603 Å². The molecule has 0 bridgehead atoms. The molecule has 4 aliphatic heterocycles. The largest absolute Gasteiger partial charge is 0.480 e. The van der Waals surface area contributed by atoms with Crippen molar-refractivity contribution >= 4 is 113 Å².